The summed E-state index contributed by atoms with van der Waals surface area (Å²) >= 11 is 0. The Kier molecular flexibility index (Phi) is 20.6. The Balaban J connectivity index is 0.000000132. The summed E-state index contributed by atoms with van der Waals surface area (Å²) in [6.45, 7) is -0.827. The summed E-state index contributed by atoms with van der Waals surface area (Å²) < 4.78 is 9.86. The molecular weight excluding hydrogens is 1110 g/mol. The highest BCUT2D eigenvalue weighted by atomic mass is 16.5. The van der Waals surface area contributed by atoms with E-state index in [4.69, 9.17) is 9.47 Å². The molecule has 5 aliphatic carbocycles. The number of carbonyl (C=O) groups excluding carboxylic acids is 4. The fourth-order valence-corrected chi connectivity index (χ4v) is 14.5. The standard InChI is InChI=1S/3C17H16O2.C16H14O2.C11H12O2.CH4/c1-19-16(18)17(14-8-3-2-4-9-14)12-11-13-7-5-6-10-15(13)17;2*18-12-16(19)17(14-7-2-1-3-8-14)11-10-13-6-4-5-9-15(13)17;17-15(18)16(13-7-2-1-3-8-13)11-10-12-6-4-5-9-14(12)16;1-13-11(12)10-7-6-8-4-2-3-5-9(8)10;/h2-10H,11-12H2,1H3;2*1-9,18H,10-12H2;1-9H,10-11H2,(H,17,18);2-5,10H,6-7H2,1H3;1H4/t;2*17-;;;/m.10.../s1. The number of esters is 2. The summed E-state index contributed by atoms with van der Waals surface area (Å²) in [6.07, 6.45) is 8.33. The molecule has 14 rings (SSSR count). The summed E-state index contributed by atoms with van der Waals surface area (Å²) in [7, 11) is 2.91. The number of carbonyl (C=O) groups is 5. The molecule has 0 fully saturated rings. The lowest BCUT2D eigenvalue weighted by Crippen LogP contribution is -2.37. The van der Waals surface area contributed by atoms with Crippen molar-refractivity contribution in [3.05, 3.63) is 321 Å². The number of ketones is 2. The molecule has 0 radical (unpaired) electrons. The number of Topliss-reactive ketones (excluding diaryl/α,β-unsaturated/α-hetero) is 2. The number of hydrogen-bond acceptors (Lipinski definition) is 9. The van der Waals surface area contributed by atoms with Gasteiger partial charge in [-0.3, -0.25) is 24.0 Å². The third kappa shape index (κ3) is 12.2. The van der Waals surface area contributed by atoms with Gasteiger partial charge in [0.25, 0.3) is 0 Å². The average molecular weight is 1190 g/mol. The van der Waals surface area contributed by atoms with Crippen LogP contribution in [0.15, 0.2) is 243 Å². The van der Waals surface area contributed by atoms with Gasteiger partial charge in [-0.15, -0.1) is 0 Å². The van der Waals surface area contributed by atoms with Crippen molar-refractivity contribution in [2.45, 2.75) is 99.2 Å². The fraction of sp³-hybridized carbons (Fsp3) is 0.253. The fourth-order valence-electron chi connectivity index (χ4n) is 14.5. The van der Waals surface area contributed by atoms with Gasteiger partial charge in [0.1, 0.15) is 24.0 Å². The van der Waals surface area contributed by atoms with E-state index in [0.717, 1.165) is 113 Å². The summed E-state index contributed by atoms with van der Waals surface area (Å²) in [5.41, 5.74) is 12.5. The Hall–Kier alpha value is -9.35. The number of fused-ring (bicyclic) bond motifs is 5. The highest BCUT2D eigenvalue weighted by Gasteiger charge is 2.50. The maximum absolute atomic E-state index is 12.5. The molecule has 3 N–H and O–H groups in total. The monoisotopic (exact) mass is 1190 g/mol. The van der Waals surface area contributed by atoms with Crippen LogP contribution < -0.4 is 0 Å². The Labute approximate surface area is 522 Å². The summed E-state index contributed by atoms with van der Waals surface area (Å²) in [5, 5.41) is 28.6. The number of ether oxygens (including phenoxy) is 2. The minimum atomic E-state index is -0.863. The molecule has 0 aliphatic heterocycles. The van der Waals surface area contributed by atoms with Gasteiger partial charge >= 0.3 is 17.9 Å². The lowest BCUT2D eigenvalue weighted by molar-refractivity contribution is -0.146. The number of aliphatic hydroxyl groups is 2. The lowest BCUT2D eigenvalue weighted by Gasteiger charge is -2.29. The number of hydrogen-bond donors (Lipinski definition) is 3. The van der Waals surface area contributed by atoms with Crippen molar-refractivity contribution < 1.29 is 48.8 Å². The molecule has 0 saturated carbocycles. The van der Waals surface area contributed by atoms with E-state index in [-0.39, 0.29) is 36.8 Å². The van der Waals surface area contributed by atoms with Crippen molar-refractivity contribution in [3.63, 3.8) is 0 Å². The van der Waals surface area contributed by atoms with Crippen LogP contribution in [-0.4, -0.2) is 72.2 Å². The molecule has 0 saturated heterocycles. The van der Waals surface area contributed by atoms with E-state index in [2.05, 4.69) is 24.3 Å². The van der Waals surface area contributed by atoms with Crippen LogP contribution in [0.2, 0.25) is 0 Å². The minimum Gasteiger partial charge on any atom is -0.480 e. The number of benzene rings is 9. The first-order chi connectivity index (χ1) is 42.9. The molecule has 0 aromatic heterocycles. The number of methoxy groups -OCH3 is 2. The van der Waals surface area contributed by atoms with Gasteiger partial charge in [0, 0.05) is 0 Å². The number of aliphatic carboxylic acids is 1. The molecule has 10 heteroatoms. The van der Waals surface area contributed by atoms with E-state index in [0.29, 0.717) is 6.42 Å². The van der Waals surface area contributed by atoms with Crippen LogP contribution in [0.25, 0.3) is 0 Å². The minimum absolute atomic E-state index is 0. The van der Waals surface area contributed by atoms with Crippen LogP contribution in [0.4, 0.5) is 0 Å². The second-order valence-electron chi connectivity index (χ2n) is 23.0. The van der Waals surface area contributed by atoms with Crippen LogP contribution in [0, 0.1) is 0 Å². The number of rotatable bonds is 11. The third-order valence-corrected chi connectivity index (χ3v) is 18.8. The first-order valence-electron chi connectivity index (χ1n) is 30.3. The van der Waals surface area contributed by atoms with Crippen molar-refractivity contribution in [1.82, 2.24) is 0 Å². The molecule has 9 aromatic carbocycles. The predicted molar refractivity (Wildman–Crippen MR) is 348 cm³/mol. The molecule has 0 spiro atoms. The van der Waals surface area contributed by atoms with Crippen LogP contribution in [0.5, 0.6) is 0 Å². The quantitative estimate of drug-likeness (QED) is 0.106. The van der Waals surface area contributed by atoms with Crippen molar-refractivity contribution >= 4 is 29.5 Å². The van der Waals surface area contributed by atoms with Gasteiger partial charge in [-0.25, -0.2) is 0 Å². The molecule has 10 nitrogen and oxygen atoms in total. The summed E-state index contributed by atoms with van der Waals surface area (Å²) in [4.78, 5) is 60.6. The average Bonchev–Trinajstić information content (AvgIpc) is 1.69. The Morgan fingerprint density at radius 2 is 0.663 bits per heavy atom. The van der Waals surface area contributed by atoms with E-state index in [1.54, 1.807) is 0 Å². The van der Waals surface area contributed by atoms with Crippen molar-refractivity contribution in [2.75, 3.05) is 27.4 Å². The molecule has 0 heterocycles. The molecule has 5 atom stereocenters. The molecule has 5 aliphatic rings. The number of aryl methyl sites for hydroxylation is 5. The number of carboxylic acid groups (broad SMARTS) is 1. The highest BCUT2D eigenvalue weighted by Crippen LogP contribution is 2.48. The highest BCUT2D eigenvalue weighted by molar-refractivity contribution is 5.97. The van der Waals surface area contributed by atoms with Crippen LogP contribution in [-0.2, 0) is 87.2 Å². The first-order valence-corrected chi connectivity index (χ1v) is 30.3. The molecule has 0 bridgehead atoms. The maximum Gasteiger partial charge on any atom is 0.320 e. The van der Waals surface area contributed by atoms with Crippen molar-refractivity contribution in [3.8, 4) is 0 Å². The molecule has 89 heavy (non-hydrogen) atoms. The van der Waals surface area contributed by atoms with E-state index in [1.165, 1.54) is 36.5 Å². The molecule has 0 amide bonds. The summed E-state index contributed by atoms with van der Waals surface area (Å²) in [6, 6.07) is 79.3. The van der Waals surface area contributed by atoms with Gasteiger partial charge in [0.05, 0.1) is 31.0 Å². The zero-order valence-electron chi connectivity index (χ0n) is 49.9. The smallest absolute Gasteiger partial charge is 0.320 e. The maximum atomic E-state index is 12.5. The SMILES string of the molecule is C.COC(=O)C1(c2ccccc2)CCc2ccccc21.COC(=O)C1CCc2ccccc21.O=C(CO)[C@@]1(c2ccccc2)CCc2ccccc21.O=C(CO)[C@]1(c2ccccc2)CCc2ccccc21.O=C(O)C1(c2ccccc2)CCc2ccccc21. The van der Waals surface area contributed by atoms with Gasteiger partial charge in [0.15, 0.2) is 11.6 Å². The Morgan fingerprint density at radius 3 is 1.02 bits per heavy atom. The van der Waals surface area contributed by atoms with Gasteiger partial charge in [-0.2, -0.15) is 0 Å². The van der Waals surface area contributed by atoms with E-state index in [1.807, 2.05) is 218 Å². The number of aliphatic hydroxyl groups excluding tert-OH is 2. The Bertz CT molecular complexity index is 3640. The number of carboxylic acids is 1. The predicted octanol–water partition coefficient (Wildman–Crippen LogP) is 13.6. The second kappa shape index (κ2) is 28.7. The van der Waals surface area contributed by atoms with Gasteiger partial charge in [-0.05, 0) is 142 Å². The third-order valence-electron chi connectivity index (χ3n) is 18.8. The van der Waals surface area contributed by atoms with Gasteiger partial charge in [0.2, 0.25) is 0 Å². The molecule has 454 valence electrons. The molecule has 3 unspecified atom stereocenters. The zero-order valence-corrected chi connectivity index (χ0v) is 49.9. The van der Waals surface area contributed by atoms with Crippen LogP contribution in [0.1, 0.15) is 123 Å². The largest absolute Gasteiger partial charge is 0.480 e. The van der Waals surface area contributed by atoms with Crippen LogP contribution >= 0.6 is 0 Å². The van der Waals surface area contributed by atoms with Crippen molar-refractivity contribution in [1.29, 1.82) is 0 Å². The van der Waals surface area contributed by atoms with Crippen LogP contribution in [0.3, 0.4) is 0 Å². The van der Waals surface area contributed by atoms with E-state index < -0.39 is 40.8 Å². The second-order valence-corrected chi connectivity index (χ2v) is 23.0. The van der Waals surface area contributed by atoms with Crippen molar-refractivity contribution in [2.24, 2.45) is 0 Å². The van der Waals surface area contributed by atoms with Gasteiger partial charge < -0.3 is 24.8 Å². The van der Waals surface area contributed by atoms with Gasteiger partial charge in [-0.1, -0.05) is 250 Å². The zero-order chi connectivity index (χ0) is 61.7. The molecule has 9 aromatic rings. The Morgan fingerprint density at radius 1 is 0.371 bits per heavy atom. The lowest BCUT2D eigenvalue weighted by atomic mass is 9.72. The van der Waals surface area contributed by atoms with E-state index in [9.17, 15) is 39.3 Å². The topological polar surface area (TPSA) is 164 Å². The first kappa shape index (κ1) is 64.1. The van der Waals surface area contributed by atoms with E-state index >= 15 is 0 Å². The molecular formula is C79H78O10. The normalized spacial score (nSPS) is 20.7. The summed E-state index contributed by atoms with van der Waals surface area (Å²) in [5.74, 6) is -1.26.